The van der Waals surface area contributed by atoms with Gasteiger partial charge in [0.2, 0.25) is 5.91 Å². The molecule has 0 saturated carbocycles. The van der Waals surface area contributed by atoms with Gasteiger partial charge in [0.25, 0.3) is 5.91 Å². The van der Waals surface area contributed by atoms with Gasteiger partial charge in [0.1, 0.15) is 5.75 Å². The van der Waals surface area contributed by atoms with Gasteiger partial charge in [-0.1, -0.05) is 12.8 Å². The summed E-state index contributed by atoms with van der Waals surface area (Å²) in [4.78, 5) is 31.7. The molecule has 2 aliphatic heterocycles. The standard InChI is InChI=1S/C22H33N3O5/c1-28-18-15-20(30-3)19(29-2)14-17(18)22(27)25-12-10-23(11-13-25)16-21(26)24-8-6-4-5-7-9-24/h14-15H,4-13,16H2,1-3H3. The van der Waals surface area contributed by atoms with E-state index in [2.05, 4.69) is 4.90 Å². The Morgan fingerprint density at radius 2 is 1.30 bits per heavy atom. The van der Waals surface area contributed by atoms with Crippen LogP contribution in [0.1, 0.15) is 36.0 Å². The van der Waals surface area contributed by atoms with Gasteiger partial charge in [-0.25, -0.2) is 0 Å². The number of methoxy groups -OCH3 is 3. The summed E-state index contributed by atoms with van der Waals surface area (Å²) >= 11 is 0. The third-order valence-corrected chi connectivity index (χ3v) is 5.91. The fourth-order valence-corrected chi connectivity index (χ4v) is 4.09. The molecule has 0 atom stereocenters. The average Bonchev–Trinajstić information content (AvgIpc) is 3.08. The third kappa shape index (κ3) is 5.16. The van der Waals surface area contributed by atoms with Crippen molar-refractivity contribution in [3.8, 4) is 17.2 Å². The van der Waals surface area contributed by atoms with Crippen LogP contribution in [0.25, 0.3) is 0 Å². The Bertz CT molecular complexity index is 739. The van der Waals surface area contributed by atoms with Crippen molar-refractivity contribution in [1.29, 1.82) is 0 Å². The van der Waals surface area contributed by atoms with Crippen LogP contribution in [0.5, 0.6) is 17.2 Å². The monoisotopic (exact) mass is 419 g/mol. The number of likely N-dealkylation sites (tertiary alicyclic amines) is 1. The number of carbonyl (C=O) groups is 2. The van der Waals surface area contributed by atoms with E-state index in [1.165, 1.54) is 20.0 Å². The molecule has 2 fully saturated rings. The van der Waals surface area contributed by atoms with Crippen molar-refractivity contribution in [3.63, 3.8) is 0 Å². The maximum absolute atomic E-state index is 13.1. The Balaban J connectivity index is 1.59. The minimum Gasteiger partial charge on any atom is -0.496 e. The number of ether oxygens (including phenoxy) is 3. The average molecular weight is 420 g/mol. The predicted octanol–water partition coefficient (Wildman–Crippen LogP) is 1.87. The summed E-state index contributed by atoms with van der Waals surface area (Å²) in [5.41, 5.74) is 0.448. The molecule has 2 saturated heterocycles. The minimum absolute atomic E-state index is 0.105. The van der Waals surface area contributed by atoms with Crippen molar-refractivity contribution in [1.82, 2.24) is 14.7 Å². The molecule has 0 N–H and O–H groups in total. The molecule has 2 amide bonds. The first-order valence-corrected chi connectivity index (χ1v) is 10.7. The number of amides is 2. The lowest BCUT2D eigenvalue weighted by Gasteiger charge is -2.35. The molecular formula is C22H33N3O5. The molecule has 1 aromatic carbocycles. The van der Waals surface area contributed by atoms with Crippen molar-refractivity contribution in [2.45, 2.75) is 25.7 Å². The summed E-state index contributed by atoms with van der Waals surface area (Å²) in [7, 11) is 4.62. The maximum atomic E-state index is 13.1. The Kier molecular flexibility index (Phi) is 7.79. The summed E-state index contributed by atoms with van der Waals surface area (Å²) in [6, 6.07) is 3.33. The molecule has 1 aromatic rings. The highest BCUT2D eigenvalue weighted by Crippen LogP contribution is 2.35. The van der Waals surface area contributed by atoms with Crippen LogP contribution in [0.2, 0.25) is 0 Å². The Morgan fingerprint density at radius 3 is 1.87 bits per heavy atom. The van der Waals surface area contributed by atoms with Gasteiger partial charge >= 0.3 is 0 Å². The molecule has 0 unspecified atom stereocenters. The Hall–Kier alpha value is -2.48. The fourth-order valence-electron chi connectivity index (χ4n) is 4.09. The molecular weight excluding hydrogens is 386 g/mol. The molecule has 0 bridgehead atoms. The summed E-state index contributed by atoms with van der Waals surface area (Å²) in [5.74, 6) is 1.56. The molecule has 166 valence electrons. The van der Waals surface area contributed by atoms with Gasteiger partial charge in [-0.15, -0.1) is 0 Å². The number of piperazine rings is 1. The Morgan fingerprint density at radius 1 is 0.733 bits per heavy atom. The molecule has 3 rings (SSSR count). The van der Waals surface area contributed by atoms with E-state index >= 15 is 0 Å². The van der Waals surface area contributed by atoms with Crippen LogP contribution in [0.3, 0.4) is 0 Å². The second kappa shape index (κ2) is 10.5. The molecule has 0 aliphatic carbocycles. The van der Waals surface area contributed by atoms with Crippen LogP contribution in [-0.4, -0.2) is 93.7 Å². The lowest BCUT2D eigenvalue weighted by atomic mass is 10.1. The summed E-state index contributed by atoms with van der Waals surface area (Å²) in [6.45, 7) is 4.68. The third-order valence-electron chi connectivity index (χ3n) is 5.91. The molecule has 2 heterocycles. The number of carbonyl (C=O) groups excluding carboxylic acids is 2. The first-order chi connectivity index (χ1) is 14.6. The smallest absolute Gasteiger partial charge is 0.257 e. The van der Waals surface area contributed by atoms with Crippen molar-refractivity contribution >= 4 is 11.8 Å². The first-order valence-electron chi connectivity index (χ1n) is 10.7. The van der Waals surface area contributed by atoms with E-state index in [-0.39, 0.29) is 11.8 Å². The fraction of sp³-hybridized carbons (Fsp3) is 0.636. The van der Waals surface area contributed by atoms with Gasteiger partial charge < -0.3 is 24.0 Å². The first kappa shape index (κ1) is 22.2. The Labute approximate surface area is 178 Å². The second-order valence-electron chi connectivity index (χ2n) is 7.77. The number of hydrogen-bond donors (Lipinski definition) is 0. The molecule has 0 spiro atoms. The molecule has 8 heteroatoms. The summed E-state index contributed by atoms with van der Waals surface area (Å²) in [6.07, 6.45) is 4.62. The van der Waals surface area contributed by atoms with E-state index in [0.29, 0.717) is 55.5 Å². The van der Waals surface area contributed by atoms with Gasteiger partial charge in [0.05, 0.1) is 33.4 Å². The van der Waals surface area contributed by atoms with Crippen molar-refractivity contribution in [3.05, 3.63) is 17.7 Å². The minimum atomic E-state index is -0.105. The van der Waals surface area contributed by atoms with E-state index in [1.807, 2.05) is 4.90 Å². The zero-order valence-corrected chi connectivity index (χ0v) is 18.3. The van der Waals surface area contributed by atoms with Crippen LogP contribution in [0.4, 0.5) is 0 Å². The highest BCUT2D eigenvalue weighted by molar-refractivity contribution is 5.98. The zero-order valence-electron chi connectivity index (χ0n) is 18.3. The highest BCUT2D eigenvalue weighted by atomic mass is 16.5. The quantitative estimate of drug-likeness (QED) is 0.701. The molecule has 30 heavy (non-hydrogen) atoms. The summed E-state index contributed by atoms with van der Waals surface area (Å²) in [5, 5.41) is 0. The van der Waals surface area contributed by atoms with Crippen LogP contribution in [-0.2, 0) is 4.79 Å². The van der Waals surface area contributed by atoms with E-state index < -0.39 is 0 Å². The van der Waals surface area contributed by atoms with E-state index in [9.17, 15) is 9.59 Å². The van der Waals surface area contributed by atoms with Crippen LogP contribution < -0.4 is 14.2 Å². The van der Waals surface area contributed by atoms with Crippen molar-refractivity contribution in [2.24, 2.45) is 0 Å². The van der Waals surface area contributed by atoms with Crippen molar-refractivity contribution in [2.75, 3.05) is 67.1 Å². The largest absolute Gasteiger partial charge is 0.496 e. The van der Waals surface area contributed by atoms with E-state index in [4.69, 9.17) is 14.2 Å². The molecule has 0 radical (unpaired) electrons. The van der Waals surface area contributed by atoms with Gasteiger partial charge in [-0.2, -0.15) is 0 Å². The number of benzene rings is 1. The lowest BCUT2D eigenvalue weighted by molar-refractivity contribution is -0.132. The second-order valence-corrected chi connectivity index (χ2v) is 7.77. The van der Waals surface area contributed by atoms with Crippen LogP contribution >= 0.6 is 0 Å². The zero-order chi connectivity index (χ0) is 21.5. The van der Waals surface area contributed by atoms with Gasteiger partial charge in [0.15, 0.2) is 11.5 Å². The molecule has 8 nitrogen and oxygen atoms in total. The predicted molar refractivity (Wildman–Crippen MR) is 113 cm³/mol. The SMILES string of the molecule is COc1cc(OC)c(C(=O)N2CCN(CC(=O)N3CCCCCC3)CC2)cc1OC. The van der Waals surface area contributed by atoms with E-state index in [1.54, 1.807) is 31.3 Å². The number of hydrogen-bond acceptors (Lipinski definition) is 6. The normalized spacial score (nSPS) is 18.0. The van der Waals surface area contributed by atoms with Crippen LogP contribution in [0.15, 0.2) is 12.1 Å². The molecule has 2 aliphatic rings. The van der Waals surface area contributed by atoms with Gasteiger partial charge in [-0.3, -0.25) is 14.5 Å². The topological polar surface area (TPSA) is 71.6 Å². The van der Waals surface area contributed by atoms with Gasteiger partial charge in [0, 0.05) is 51.4 Å². The number of nitrogens with zero attached hydrogens (tertiary/aromatic N) is 3. The highest BCUT2D eigenvalue weighted by Gasteiger charge is 2.27. The lowest BCUT2D eigenvalue weighted by Crippen LogP contribution is -2.51. The molecule has 0 aromatic heterocycles. The van der Waals surface area contributed by atoms with Crippen LogP contribution in [0, 0.1) is 0 Å². The van der Waals surface area contributed by atoms with Gasteiger partial charge in [-0.05, 0) is 12.8 Å². The maximum Gasteiger partial charge on any atom is 0.257 e. The summed E-state index contributed by atoms with van der Waals surface area (Å²) < 4.78 is 16.0. The van der Waals surface area contributed by atoms with Crippen molar-refractivity contribution < 1.29 is 23.8 Å². The number of rotatable bonds is 6. The van der Waals surface area contributed by atoms with E-state index in [0.717, 1.165) is 25.9 Å².